The van der Waals surface area contributed by atoms with E-state index in [4.69, 9.17) is 4.98 Å². The number of piperidine rings is 2. The number of allylic oxidation sites excluding steroid dienone is 1. The zero-order valence-electron chi connectivity index (χ0n) is 34.7. The minimum absolute atomic E-state index is 0.127. The maximum absolute atomic E-state index is 14.3. The van der Waals surface area contributed by atoms with E-state index in [-0.39, 0.29) is 42.2 Å². The molecule has 3 aromatic heterocycles. The van der Waals surface area contributed by atoms with Crippen LogP contribution in [0.2, 0.25) is 0 Å². The molecular formula is C44H50F3N11O4. The first-order valence-electron chi connectivity index (χ1n) is 20.8. The van der Waals surface area contributed by atoms with Crippen LogP contribution >= 0.6 is 0 Å². The van der Waals surface area contributed by atoms with E-state index in [1.165, 1.54) is 16.9 Å². The first kappa shape index (κ1) is 42.4. The van der Waals surface area contributed by atoms with E-state index in [9.17, 15) is 32.7 Å². The van der Waals surface area contributed by atoms with Crippen LogP contribution in [0.4, 0.5) is 41.9 Å². The number of fused-ring (bicyclic) bond motifs is 1. The summed E-state index contributed by atoms with van der Waals surface area (Å²) in [6, 6.07) is 16.6. The molecule has 15 nitrogen and oxygen atoms in total. The zero-order chi connectivity index (χ0) is 43.8. The molecule has 62 heavy (non-hydrogen) atoms. The number of anilines is 5. The van der Waals surface area contributed by atoms with Crippen molar-refractivity contribution in [2.45, 2.75) is 63.9 Å². The van der Waals surface area contributed by atoms with Gasteiger partial charge in [0.1, 0.15) is 17.0 Å². The number of rotatable bonds is 12. The topological polar surface area (TPSA) is 166 Å². The molecule has 3 saturated heterocycles. The highest BCUT2D eigenvalue weighted by molar-refractivity contribution is 6.01. The van der Waals surface area contributed by atoms with Crippen molar-refractivity contribution in [2.75, 3.05) is 66.2 Å². The molecule has 2 aromatic carbocycles. The highest BCUT2D eigenvalue weighted by Crippen LogP contribution is 2.39. The monoisotopic (exact) mass is 853 g/mol. The number of pyridine rings is 1. The molecule has 0 aliphatic carbocycles. The van der Waals surface area contributed by atoms with Gasteiger partial charge in [-0.15, -0.1) is 6.58 Å². The van der Waals surface area contributed by atoms with Crippen molar-refractivity contribution in [3.63, 3.8) is 0 Å². The molecule has 2 amide bonds. The predicted molar refractivity (Wildman–Crippen MR) is 231 cm³/mol. The highest BCUT2D eigenvalue weighted by Gasteiger charge is 2.37. The lowest BCUT2D eigenvalue weighted by molar-refractivity contribution is -0.137. The van der Waals surface area contributed by atoms with Crippen LogP contribution in [0.25, 0.3) is 16.9 Å². The minimum atomic E-state index is -4.58. The molecule has 326 valence electrons. The highest BCUT2D eigenvalue weighted by atomic mass is 19.4. The number of benzene rings is 2. The number of alkyl halides is 3. The number of aliphatic hydroxyl groups is 1. The van der Waals surface area contributed by atoms with Crippen LogP contribution in [-0.4, -0.2) is 98.0 Å². The second kappa shape index (κ2) is 17.2. The summed E-state index contributed by atoms with van der Waals surface area (Å²) in [6.07, 6.45) is 0.871. The lowest BCUT2D eigenvalue weighted by Crippen LogP contribution is -2.49. The molecule has 0 radical (unpaired) electrons. The Hall–Kier alpha value is -6.27. The number of piperazine rings is 1. The van der Waals surface area contributed by atoms with Crippen LogP contribution in [-0.2, 0) is 27.9 Å². The van der Waals surface area contributed by atoms with Gasteiger partial charge < -0.3 is 25.5 Å². The fourth-order valence-electron chi connectivity index (χ4n) is 8.45. The normalized spacial score (nSPS) is 18.3. The smallest absolute Gasteiger partial charge is 0.384 e. The van der Waals surface area contributed by atoms with Gasteiger partial charge in [-0.2, -0.15) is 18.2 Å². The Morgan fingerprint density at radius 2 is 1.63 bits per heavy atom. The van der Waals surface area contributed by atoms with E-state index in [1.54, 1.807) is 53.8 Å². The van der Waals surface area contributed by atoms with Crippen LogP contribution in [0.1, 0.15) is 50.8 Å². The molecule has 3 aliphatic rings. The van der Waals surface area contributed by atoms with Gasteiger partial charge in [0.05, 0.1) is 17.8 Å². The Morgan fingerprint density at radius 1 is 0.903 bits per heavy atom. The minimum Gasteiger partial charge on any atom is -0.384 e. The molecule has 1 unspecified atom stereocenters. The van der Waals surface area contributed by atoms with E-state index < -0.39 is 29.3 Å². The number of aromatic nitrogens is 5. The number of hydrogen-bond acceptors (Lipinski definition) is 12. The van der Waals surface area contributed by atoms with Crippen LogP contribution < -0.4 is 31.3 Å². The van der Waals surface area contributed by atoms with Gasteiger partial charge >= 0.3 is 6.18 Å². The molecule has 0 spiro atoms. The van der Waals surface area contributed by atoms with Crippen LogP contribution in [0, 0.1) is 5.92 Å². The molecular weight excluding hydrogens is 804 g/mol. The van der Waals surface area contributed by atoms with Gasteiger partial charge in [-0.05, 0) is 93.6 Å². The van der Waals surface area contributed by atoms with Gasteiger partial charge in [0.2, 0.25) is 17.8 Å². The molecule has 18 heteroatoms. The Labute approximate surface area is 356 Å². The van der Waals surface area contributed by atoms with Gasteiger partial charge in [0.15, 0.2) is 11.5 Å². The maximum atomic E-state index is 14.3. The number of amides is 2. The fourth-order valence-corrected chi connectivity index (χ4v) is 8.45. The van der Waals surface area contributed by atoms with Crippen molar-refractivity contribution >= 4 is 51.5 Å². The molecule has 3 fully saturated rings. The predicted octanol–water partition coefficient (Wildman–Crippen LogP) is 5.41. The van der Waals surface area contributed by atoms with E-state index in [1.807, 2.05) is 12.1 Å². The van der Waals surface area contributed by atoms with Crippen LogP contribution in [0.5, 0.6) is 0 Å². The summed E-state index contributed by atoms with van der Waals surface area (Å²) in [5.41, 5.74) is 0.744. The van der Waals surface area contributed by atoms with Gasteiger partial charge in [-0.3, -0.25) is 24.6 Å². The molecule has 8 rings (SSSR count). The van der Waals surface area contributed by atoms with Crippen molar-refractivity contribution in [1.29, 1.82) is 0 Å². The first-order valence-corrected chi connectivity index (χ1v) is 20.8. The molecule has 4 N–H and O–H groups in total. The van der Waals surface area contributed by atoms with Crippen molar-refractivity contribution in [2.24, 2.45) is 5.92 Å². The van der Waals surface area contributed by atoms with E-state index in [0.29, 0.717) is 60.6 Å². The Kier molecular flexibility index (Phi) is 11.8. The van der Waals surface area contributed by atoms with E-state index >= 15 is 0 Å². The van der Waals surface area contributed by atoms with Crippen LogP contribution in [0.3, 0.4) is 0 Å². The molecule has 3 aliphatic heterocycles. The summed E-state index contributed by atoms with van der Waals surface area (Å²) in [7, 11) is 0. The molecule has 1 atom stereocenters. The average Bonchev–Trinajstić information content (AvgIpc) is 3.52. The SMILES string of the molecule is C=CCn1c(=O)c2cnc(Nc3ccc(N4CCC(CN5CCN(c6ccc(NC7CCC(=O)NC7=O)cc6C(F)(F)F)CC5)CC4)cc3)nc2n1-c1cccc(C(C)(C)O)n1. The van der Waals surface area contributed by atoms with Gasteiger partial charge in [-0.25, -0.2) is 19.3 Å². The Morgan fingerprint density at radius 3 is 2.31 bits per heavy atom. The lowest BCUT2D eigenvalue weighted by Gasteiger charge is -2.40. The largest absolute Gasteiger partial charge is 0.418 e. The average molecular weight is 854 g/mol. The second-order valence-corrected chi connectivity index (χ2v) is 16.6. The number of carbonyl (C=O) groups excluding carboxylic acids is 2. The fraction of sp³-hybridized carbons (Fsp3) is 0.409. The third-order valence-corrected chi connectivity index (χ3v) is 11.8. The lowest BCUT2D eigenvalue weighted by atomic mass is 9.95. The second-order valence-electron chi connectivity index (χ2n) is 16.6. The van der Waals surface area contributed by atoms with Crippen LogP contribution in [0.15, 0.2) is 84.3 Å². The number of halogens is 3. The quantitative estimate of drug-likeness (QED) is 0.0934. The summed E-state index contributed by atoms with van der Waals surface area (Å²) < 4.78 is 46.0. The number of hydrogen-bond donors (Lipinski definition) is 4. The molecule has 6 heterocycles. The summed E-state index contributed by atoms with van der Waals surface area (Å²) in [5, 5.41) is 19.3. The molecule has 0 bridgehead atoms. The Bertz CT molecular complexity index is 2520. The summed E-state index contributed by atoms with van der Waals surface area (Å²) in [4.78, 5) is 57.4. The number of nitrogens with zero attached hydrogens (tertiary/aromatic N) is 8. The van der Waals surface area contributed by atoms with Crippen molar-refractivity contribution in [3.05, 3.63) is 101 Å². The maximum Gasteiger partial charge on any atom is 0.418 e. The summed E-state index contributed by atoms with van der Waals surface area (Å²) >= 11 is 0. The van der Waals surface area contributed by atoms with Gasteiger partial charge in [0, 0.05) is 81.2 Å². The van der Waals surface area contributed by atoms with Crippen molar-refractivity contribution in [1.82, 2.24) is 34.5 Å². The zero-order valence-corrected chi connectivity index (χ0v) is 34.7. The Balaban J connectivity index is 0.854. The van der Waals surface area contributed by atoms with Crippen molar-refractivity contribution in [3.8, 4) is 5.82 Å². The third-order valence-electron chi connectivity index (χ3n) is 11.8. The van der Waals surface area contributed by atoms with Gasteiger partial charge in [-0.1, -0.05) is 12.1 Å². The van der Waals surface area contributed by atoms with Gasteiger partial charge in [0.25, 0.3) is 5.56 Å². The third kappa shape index (κ3) is 9.16. The summed E-state index contributed by atoms with van der Waals surface area (Å²) in [6.45, 7) is 12.2. The van der Waals surface area contributed by atoms with E-state index in [0.717, 1.165) is 49.9 Å². The number of nitrogens with one attached hydrogen (secondary N) is 3. The molecule has 0 saturated carbocycles. The van der Waals surface area contributed by atoms with E-state index in [2.05, 4.69) is 54.4 Å². The molecule has 5 aromatic rings. The standard InChI is InChI=1S/C44H50F3N11O4/c1-4-18-57-41(61)32-26-48-42(53-39(32)58(57)37-7-5-6-36(51-37)43(2,3)62)50-29-8-11-31(12-9-29)55-19-16-28(17-20-55)27-54-21-23-56(24-22-54)35-14-10-30(25-33(35)44(45,46)47)49-34-13-15-38(59)52-40(34)60/h4-12,14,25-26,28,34,49,62H,1,13,15-24,27H2,2-3H3,(H,48,50,53)(H,52,59,60). The first-order chi connectivity index (χ1) is 29.6. The summed E-state index contributed by atoms with van der Waals surface area (Å²) in [5.74, 6) is 0.268. The van der Waals surface area contributed by atoms with Crippen molar-refractivity contribution < 1.29 is 27.9 Å². The number of carbonyl (C=O) groups is 2. The number of imide groups is 1.